The summed E-state index contributed by atoms with van der Waals surface area (Å²) in [7, 11) is 0. The molecule has 0 atom stereocenters. The Morgan fingerprint density at radius 1 is 0.466 bits per heavy atom. The molecule has 0 amide bonds. The van der Waals surface area contributed by atoms with Crippen LogP contribution in [0.2, 0.25) is 0 Å². The number of thiophene rings is 1. The fourth-order valence-corrected chi connectivity index (χ4v) is 11.2. The van der Waals surface area contributed by atoms with Crippen molar-refractivity contribution < 1.29 is 4.42 Å². The minimum atomic E-state index is 0.168. The lowest BCUT2D eigenvalue weighted by molar-refractivity contribution is 0.403. The van der Waals surface area contributed by atoms with Crippen LogP contribution in [0, 0.1) is 0 Å². The normalized spacial score (nSPS) is 14.4. The Bertz CT molecular complexity index is 3170. The first kappa shape index (κ1) is 34.8. The first-order valence-corrected chi connectivity index (χ1v) is 21.1. The lowest BCUT2D eigenvalue weighted by Crippen LogP contribution is -2.17. The van der Waals surface area contributed by atoms with Crippen molar-refractivity contribution in [1.82, 2.24) is 0 Å². The van der Waals surface area contributed by atoms with E-state index in [9.17, 15) is 0 Å². The molecule has 0 spiro atoms. The number of benzene rings is 8. The Kier molecular flexibility index (Phi) is 7.83. The molecule has 0 saturated carbocycles. The molecule has 2 nitrogen and oxygen atoms in total. The highest BCUT2D eigenvalue weighted by Gasteiger charge is 2.42. The highest BCUT2D eigenvalue weighted by molar-refractivity contribution is 7.26. The number of para-hydroxylation sites is 2. The molecule has 58 heavy (non-hydrogen) atoms. The van der Waals surface area contributed by atoms with Crippen molar-refractivity contribution in [3.63, 3.8) is 0 Å². The van der Waals surface area contributed by atoms with E-state index < -0.39 is 0 Å². The fraction of sp³-hybridized carbons (Fsp3) is 0.127. The Morgan fingerprint density at radius 2 is 1.00 bits per heavy atom. The molecule has 0 unspecified atom stereocenters. The van der Waals surface area contributed by atoms with E-state index in [4.69, 9.17) is 4.42 Å². The molecule has 0 radical (unpaired) electrons. The van der Waals surface area contributed by atoms with Crippen molar-refractivity contribution >= 4 is 70.5 Å². The minimum absolute atomic E-state index is 0.168. The van der Waals surface area contributed by atoms with Gasteiger partial charge in [-0.05, 0) is 110 Å². The number of furan rings is 1. The van der Waals surface area contributed by atoms with Crippen LogP contribution in [0.4, 0.5) is 17.1 Å². The predicted molar refractivity (Wildman–Crippen MR) is 248 cm³/mol. The number of fused-ring (bicyclic) bond motifs is 7. The van der Waals surface area contributed by atoms with Crippen molar-refractivity contribution in [2.75, 3.05) is 4.90 Å². The molecular weight excluding hydrogens is 723 g/mol. The van der Waals surface area contributed by atoms with Crippen LogP contribution in [0.1, 0.15) is 45.2 Å². The van der Waals surface area contributed by atoms with Gasteiger partial charge >= 0.3 is 0 Å². The van der Waals surface area contributed by atoms with Gasteiger partial charge in [-0.2, -0.15) is 0 Å². The van der Waals surface area contributed by atoms with Gasteiger partial charge in [0.15, 0.2) is 5.58 Å². The molecule has 1 aliphatic rings. The number of hydrogen-bond donors (Lipinski definition) is 0. The van der Waals surface area contributed by atoms with E-state index in [-0.39, 0.29) is 10.8 Å². The first-order valence-electron chi connectivity index (χ1n) is 20.3. The maximum Gasteiger partial charge on any atom is 0.159 e. The minimum Gasteiger partial charge on any atom is -0.454 e. The maximum absolute atomic E-state index is 6.63. The van der Waals surface area contributed by atoms with Crippen LogP contribution >= 0.6 is 11.3 Å². The number of nitrogens with zero attached hydrogens (tertiary/aromatic N) is 1. The summed E-state index contributed by atoms with van der Waals surface area (Å²) in [5.41, 5.74) is 15.6. The molecule has 0 saturated heterocycles. The van der Waals surface area contributed by atoms with Crippen LogP contribution in [-0.2, 0) is 10.8 Å². The molecule has 2 heterocycles. The Balaban J connectivity index is 1.00. The average molecular weight is 766 g/mol. The van der Waals surface area contributed by atoms with E-state index in [2.05, 4.69) is 202 Å². The average Bonchev–Trinajstić information content (AvgIpc) is 3.88. The molecule has 0 N–H and O–H groups in total. The van der Waals surface area contributed by atoms with Gasteiger partial charge in [-0.15, -0.1) is 11.3 Å². The smallest absolute Gasteiger partial charge is 0.159 e. The molecule has 280 valence electrons. The summed E-state index contributed by atoms with van der Waals surface area (Å²) in [4.78, 5) is 2.34. The monoisotopic (exact) mass is 765 g/mol. The van der Waals surface area contributed by atoms with Crippen LogP contribution in [0.25, 0.3) is 75.5 Å². The van der Waals surface area contributed by atoms with Gasteiger partial charge in [0.1, 0.15) is 5.58 Å². The van der Waals surface area contributed by atoms with Crippen molar-refractivity contribution in [2.24, 2.45) is 0 Å². The summed E-state index contributed by atoms with van der Waals surface area (Å²) in [6, 6.07) is 64.0. The lowest BCUT2D eigenvalue weighted by Gasteiger charge is -2.26. The van der Waals surface area contributed by atoms with E-state index in [1.54, 1.807) is 0 Å². The summed E-state index contributed by atoms with van der Waals surface area (Å²) in [6.07, 6.45) is 1.18. The molecule has 0 aliphatic heterocycles. The number of anilines is 3. The van der Waals surface area contributed by atoms with Gasteiger partial charge in [-0.1, -0.05) is 155 Å². The van der Waals surface area contributed by atoms with Crippen LogP contribution < -0.4 is 4.90 Å². The highest BCUT2D eigenvalue weighted by Crippen LogP contribution is 2.53. The van der Waals surface area contributed by atoms with Crippen molar-refractivity contribution in [3.8, 4) is 33.4 Å². The van der Waals surface area contributed by atoms with E-state index >= 15 is 0 Å². The predicted octanol–water partition coefficient (Wildman–Crippen LogP) is 16.4. The topological polar surface area (TPSA) is 16.4 Å². The molecule has 2 aromatic heterocycles. The molecule has 0 bridgehead atoms. The zero-order chi connectivity index (χ0) is 39.2. The second kappa shape index (κ2) is 13.1. The third kappa shape index (κ3) is 5.60. The van der Waals surface area contributed by atoms with E-state index in [1.165, 1.54) is 71.1 Å². The van der Waals surface area contributed by atoms with Crippen LogP contribution in [0.5, 0.6) is 0 Å². The SMILES string of the molecule is CC1(C)CC(C)(C)c2cc3c(cc21)sc1c(-c2ccc(N(c4ccc(-c5ccc(-c6ccccc6)cc5)cc4)c4cccc5c4oc4ccccc45)cc2)cccc13. The van der Waals surface area contributed by atoms with Gasteiger partial charge in [-0.25, -0.2) is 0 Å². The third-order valence-corrected chi connectivity index (χ3v) is 13.7. The van der Waals surface area contributed by atoms with Crippen LogP contribution in [0.15, 0.2) is 180 Å². The Hall–Kier alpha value is -6.42. The Labute approximate surface area is 343 Å². The molecular formula is C55H43NOS. The third-order valence-electron chi connectivity index (χ3n) is 12.5. The number of rotatable bonds is 6. The van der Waals surface area contributed by atoms with Gasteiger partial charge < -0.3 is 9.32 Å². The second-order valence-corrected chi connectivity index (χ2v) is 18.3. The fourth-order valence-electron chi connectivity index (χ4n) is 9.90. The standard InChI is InChI=1S/C55H43NOS/c1-54(2)34-55(3,4)48-33-51-46(32-47(48)54)45-17-10-15-42(53(45)58-51)39-26-30-41(31-27-39)56(49-18-11-16-44-43-14-8-9-19-50(43)57-52(44)49)40-28-24-38(25-29-40)37-22-20-36(21-23-37)35-12-6-5-7-13-35/h5-33H,34H2,1-4H3. The zero-order valence-corrected chi connectivity index (χ0v) is 34.0. The molecule has 11 rings (SSSR count). The largest absolute Gasteiger partial charge is 0.454 e. The van der Waals surface area contributed by atoms with Gasteiger partial charge in [0, 0.05) is 42.3 Å². The van der Waals surface area contributed by atoms with Gasteiger partial charge in [0.2, 0.25) is 0 Å². The van der Waals surface area contributed by atoms with Crippen molar-refractivity contribution in [2.45, 2.75) is 44.9 Å². The first-order chi connectivity index (χ1) is 28.2. The second-order valence-electron chi connectivity index (χ2n) is 17.2. The molecule has 3 heteroatoms. The molecule has 0 fully saturated rings. The summed E-state index contributed by atoms with van der Waals surface area (Å²) >= 11 is 1.93. The van der Waals surface area contributed by atoms with Crippen LogP contribution in [-0.4, -0.2) is 0 Å². The summed E-state index contributed by atoms with van der Waals surface area (Å²) in [5, 5.41) is 4.96. The Morgan fingerprint density at radius 3 is 1.69 bits per heavy atom. The van der Waals surface area contributed by atoms with Gasteiger partial charge in [0.25, 0.3) is 0 Å². The lowest BCUT2D eigenvalue weighted by atomic mass is 9.82. The van der Waals surface area contributed by atoms with Crippen molar-refractivity contribution in [3.05, 3.63) is 187 Å². The molecule has 8 aromatic carbocycles. The zero-order valence-electron chi connectivity index (χ0n) is 33.2. The quantitative estimate of drug-likeness (QED) is 0.168. The maximum atomic E-state index is 6.63. The van der Waals surface area contributed by atoms with E-state index in [0.717, 1.165) is 39.0 Å². The molecule has 10 aromatic rings. The summed E-state index contributed by atoms with van der Waals surface area (Å²) in [6.45, 7) is 9.63. The number of hydrogen-bond acceptors (Lipinski definition) is 3. The highest BCUT2D eigenvalue weighted by atomic mass is 32.1. The van der Waals surface area contributed by atoms with Crippen LogP contribution in [0.3, 0.4) is 0 Å². The molecule has 1 aliphatic carbocycles. The van der Waals surface area contributed by atoms with E-state index in [1.807, 2.05) is 17.4 Å². The van der Waals surface area contributed by atoms with Gasteiger partial charge in [-0.3, -0.25) is 0 Å². The summed E-state index contributed by atoms with van der Waals surface area (Å²) in [5.74, 6) is 0. The van der Waals surface area contributed by atoms with E-state index in [0.29, 0.717) is 0 Å². The van der Waals surface area contributed by atoms with Crippen molar-refractivity contribution in [1.29, 1.82) is 0 Å². The summed E-state index contributed by atoms with van der Waals surface area (Å²) < 4.78 is 9.36. The van der Waals surface area contributed by atoms with Gasteiger partial charge in [0.05, 0.1) is 5.69 Å².